The van der Waals surface area contributed by atoms with Crippen LogP contribution in [-0.4, -0.2) is 43.0 Å². The second kappa shape index (κ2) is 9.31. The van der Waals surface area contributed by atoms with Crippen LogP contribution in [-0.2, 0) is 17.8 Å². The number of para-hydroxylation sites is 1. The Morgan fingerprint density at radius 3 is 2.61 bits per heavy atom. The van der Waals surface area contributed by atoms with Crippen molar-refractivity contribution >= 4 is 5.91 Å². The van der Waals surface area contributed by atoms with Gasteiger partial charge in [0.2, 0.25) is 5.91 Å². The molecule has 3 aromatic rings. The molecule has 0 spiro atoms. The van der Waals surface area contributed by atoms with Crippen molar-refractivity contribution in [2.45, 2.75) is 19.4 Å². The van der Waals surface area contributed by atoms with Gasteiger partial charge in [0, 0.05) is 38.1 Å². The Bertz CT molecular complexity index is 1020. The molecule has 5 nitrogen and oxygen atoms in total. The highest BCUT2D eigenvalue weighted by molar-refractivity contribution is 5.83. The van der Waals surface area contributed by atoms with Crippen molar-refractivity contribution < 1.29 is 9.53 Å². The Balaban J connectivity index is 1.51. The van der Waals surface area contributed by atoms with E-state index in [0.717, 1.165) is 49.4 Å². The number of carbonyl (C=O) groups excluding carboxylic acids is 1. The minimum absolute atomic E-state index is 0.120. The zero-order valence-electron chi connectivity index (χ0n) is 18.2. The van der Waals surface area contributed by atoms with Crippen molar-refractivity contribution in [1.29, 1.82) is 0 Å². The molecule has 0 aliphatic carbocycles. The minimum Gasteiger partial charge on any atom is -0.496 e. The van der Waals surface area contributed by atoms with E-state index in [2.05, 4.69) is 51.6 Å². The standard InChI is InChI=1S/C26H29N3O2/c1-27-25(30)26(13-15-29(19-26)18-21-6-5-14-28-17-21)16-20-9-11-22(12-10-20)23-7-3-4-8-24(23)31-2/h3-12,14,17H,13,15-16,18-19H2,1-2H3,(H,27,30). The highest BCUT2D eigenvalue weighted by atomic mass is 16.5. The van der Waals surface area contributed by atoms with Crippen LogP contribution < -0.4 is 10.1 Å². The molecule has 0 bridgehead atoms. The fourth-order valence-corrected chi connectivity index (χ4v) is 4.59. The van der Waals surface area contributed by atoms with Crippen LogP contribution in [0.2, 0.25) is 0 Å². The van der Waals surface area contributed by atoms with E-state index in [1.165, 1.54) is 11.1 Å². The Morgan fingerprint density at radius 2 is 1.90 bits per heavy atom. The molecule has 1 saturated heterocycles. The van der Waals surface area contributed by atoms with Crippen molar-refractivity contribution in [1.82, 2.24) is 15.2 Å². The molecule has 0 saturated carbocycles. The number of ether oxygens (including phenoxy) is 1. The number of hydrogen-bond acceptors (Lipinski definition) is 4. The summed E-state index contributed by atoms with van der Waals surface area (Å²) in [7, 11) is 3.43. The number of benzene rings is 2. The van der Waals surface area contributed by atoms with Gasteiger partial charge in [-0.15, -0.1) is 0 Å². The lowest BCUT2D eigenvalue weighted by Gasteiger charge is -2.28. The van der Waals surface area contributed by atoms with Crippen molar-refractivity contribution in [2.24, 2.45) is 5.41 Å². The van der Waals surface area contributed by atoms with Gasteiger partial charge in [-0.25, -0.2) is 0 Å². The number of hydrogen-bond donors (Lipinski definition) is 1. The molecule has 1 aliphatic heterocycles. The predicted octanol–water partition coefficient (Wildman–Crippen LogP) is 3.94. The molecule has 2 aromatic carbocycles. The lowest BCUT2D eigenvalue weighted by atomic mass is 9.79. The fourth-order valence-electron chi connectivity index (χ4n) is 4.59. The number of methoxy groups -OCH3 is 1. The van der Waals surface area contributed by atoms with Crippen LogP contribution in [0.25, 0.3) is 11.1 Å². The number of nitrogens with zero attached hydrogens (tertiary/aromatic N) is 2. The molecule has 1 atom stereocenters. The van der Waals surface area contributed by atoms with Gasteiger partial charge >= 0.3 is 0 Å². The molecule has 31 heavy (non-hydrogen) atoms. The van der Waals surface area contributed by atoms with Gasteiger partial charge in [-0.3, -0.25) is 14.7 Å². The number of amides is 1. The average Bonchev–Trinajstić information content (AvgIpc) is 3.23. The van der Waals surface area contributed by atoms with Crippen LogP contribution in [0, 0.1) is 5.41 Å². The molecule has 1 amide bonds. The maximum absolute atomic E-state index is 12.9. The van der Waals surface area contributed by atoms with E-state index >= 15 is 0 Å². The normalized spacial score (nSPS) is 18.6. The fraction of sp³-hybridized carbons (Fsp3) is 0.308. The molecule has 4 rings (SSSR count). The van der Waals surface area contributed by atoms with Crippen LogP contribution in [0.5, 0.6) is 5.75 Å². The topological polar surface area (TPSA) is 54.5 Å². The van der Waals surface area contributed by atoms with E-state index in [1.807, 2.05) is 30.5 Å². The summed E-state index contributed by atoms with van der Waals surface area (Å²) in [6.07, 6.45) is 5.26. The van der Waals surface area contributed by atoms with Gasteiger partial charge in [0.25, 0.3) is 0 Å². The number of likely N-dealkylation sites (tertiary alicyclic amines) is 1. The van der Waals surface area contributed by atoms with E-state index in [-0.39, 0.29) is 5.91 Å². The number of nitrogens with one attached hydrogen (secondary N) is 1. The Kier molecular flexibility index (Phi) is 6.33. The van der Waals surface area contributed by atoms with Gasteiger partial charge in [0.05, 0.1) is 12.5 Å². The first-order chi connectivity index (χ1) is 15.1. The van der Waals surface area contributed by atoms with Crippen LogP contribution in [0.3, 0.4) is 0 Å². The minimum atomic E-state index is -0.414. The Morgan fingerprint density at radius 1 is 1.10 bits per heavy atom. The molecular formula is C26H29N3O2. The van der Waals surface area contributed by atoms with E-state index in [9.17, 15) is 4.79 Å². The zero-order chi connectivity index (χ0) is 21.7. The molecule has 0 radical (unpaired) electrons. The van der Waals surface area contributed by atoms with E-state index < -0.39 is 5.41 Å². The largest absolute Gasteiger partial charge is 0.496 e. The summed E-state index contributed by atoms with van der Waals surface area (Å²) < 4.78 is 5.50. The van der Waals surface area contributed by atoms with Crippen molar-refractivity contribution in [2.75, 3.05) is 27.2 Å². The first-order valence-corrected chi connectivity index (χ1v) is 10.7. The molecule has 1 fully saturated rings. The summed E-state index contributed by atoms with van der Waals surface area (Å²) in [5, 5.41) is 2.91. The van der Waals surface area contributed by atoms with Crippen LogP contribution >= 0.6 is 0 Å². The molecule has 1 aromatic heterocycles. The molecule has 1 aliphatic rings. The Hall–Kier alpha value is -3.18. The summed E-state index contributed by atoms with van der Waals surface area (Å²) in [4.78, 5) is 19.5. The van der Waals surface area contributed by atoms with Crippen molar-refractivity contribution in [3.63, 3.8) is 0 Å². The summed E-state index contributed by atoms with van der Waals surface area (Å²) in [6.45, 7) is 2.47. The quantitative estimate of drug-likeness (QED) is 0.635. The summed E-state index contributed by atoms with van der Waals surface area (Å²) >= 11 is 0. The smallest absolute Gasteiger partial charge is 0.227 e. The lowest BCUT2D eigenvalue weighted by Crippen LogP contribution is -2.43. The lowest BCUT2D eigenvalue weighted by molar-refractivity contribution is -0.130. The van der Waals surface area contributed by atoms with Crippen molar-refractivity contribution in [3.8, 4) is 16.9 Å². The van der Waals surface area contributed by atoms with Gasteiger partial charge < -0.3 is 10.1 Å². The molecule has 1 N–H and O–H groups in total. The highest BCUT2D eigenvalue weighted by Crippen LogP contribution is 2.36. The third kappa shape index (κ3) is 4.62. The van der Waals surface area contributed by atoms with Gasteiger partial charge in [0.15, 0.2) is 0 Å². The van der Waals surface area contributed by atoms with Gasteiger partial charge in [-0.1, -0.05) is 48.5 Å². The maximum atomic E-state index is 12.9. The summed E-state index contributed by atoms with van der Waals surface area (Å²) in [5.74, 6) is 0.980. The molecule has 5 heteroatoms. The molecule has 1 unspecified atom stereocenters. The number of rotatable bonds is 7. The monoisotopic (exact) mass is 415 g/mol. The number of aromatic nitrogens is 1. The first-order valence-electron chi connectivity index (χ1n) is 10.7. The third-order valence-corrected chi connectivity index (χ3v) is 6.18. The first kappa shape index (κ1) is 21.1. The second-order valence-corrected chi connectivity index (χ2v) is 8.26. The number of pyridine rings is 1. The zero-order valence-corrected chi connectivity index (χ0v) is 18.2. The van der Waals surface area contributed by atoms with Crippen LogP contribution in [0.4, 0.5) is 0 Å². The van der Waals surface area contributed by atoms with Gasteiger partial charge in [0.1, 0.15) is 5.75 Å². The molecular weight excluding hydrogens is 386 g/mol. The average molecular weight is 416 g/mol. The van der Waals surface area contributed by atoms with E-state index in [1.54, 1.807) is 20.4 Å². The Labute approximate surface area is 184 Å². The number of carbonyl (C=O) groups is 1. The third-order valence-electron chi connectivity index (χ3n) is 6.18. The van der Waals surface area contributed by atoms with Crippen LogP contribution in [0.1, 0.15) is 17.5 Å². The molecule has 2 heterocycles. The highest BCUT2D eigenvalue weighted by Gasteiger charge is 2.44. The maximum Gasteiger partial charge on any atom is 0.227 e. The summed E-state index contributed by atoms with van der Waals surface area (Å²) in [5.41, 5.74) is 4.12. The SMILES string of the molecule is CNC(=O)C1(Cc2ccc(-c3ccccc3OC)cc2)CCN(Cc2cccnc2)C1. The molecule has 160 valence electrons. The second-order valence-electron chi connectivity index (χ2n) is 8.26. The van der Waals surface area contributed by atoms with Gasteiger partial charge in [-0.2, -0.15) is 0 Å². The van der Waals surface area contributed by atoms with Crippen LogP contribution in [0.15, 0.2) is 73.1 Å². The van der Waals surface area contributed by atoms with Gasteiger partial charge in [-0.05, 0) is 48.2 Å². The van der Waals surface area contributed by atoms with Crippen molar-refractivity contribution in [3.05, 3.63) is 84.2 Å². The predicted molar refractivity (Wildman–Crippen MR) is 123 cm³/mol. The van der Waals surface area contributed by atoms with E-state index in [4.69, 9.17) is 4.74 Å². The van der Waals surface area contributed by atoms with E-state index in [0.29, 0.717) is 0 Å². The summed E-state index contributed by atoms with van der Waals surface area (Å²) in [6, 6.07) is 20.6.